The highest BCUT2D eigenvalue weighted by Gasteiger charge is 2.13. The van der Waals surface area contributed by atoms with Crippen molar-refractivity contribution in [2.45, 2.75) is 0 Å². The van der Waals surface area contributed by atoms with Gasteiger partial charge < -0.3 is 9.73 Å². The zero-order valence-electron chi connectivity index (χ0n) is 22.9. The molecule has 8 rings (SSSR count). The van der Waals surface area contributed by atoms with Gasteiger partial charge in [0, 0.05) is 27.7 Å². The molecular weight excluding hydrogens is 510 g/mol. The van der Waals surface area contributed by atoms with Gasteiger partial charge in [-0.3, -0.25) is 0 Å². The number of para-hydroxylation sites is 1. The zero-order valence-corrected chi connectivity index (χ0v) is 22.9. The summed E-state index contributed by atoms with van der Waals surface area (Å²) < 4.78 is 6.36. The summed E-state index contributed by atoms with van der Waals surface area (Å²) in [5.74, 6) is 0. The molecule has 0 aliphatic carbocycles. The average Bonchev–Trinajstić information content (AvgIpc) is 3.44. The highest BCUT2D eigenvalue weighted by Crippen LogP contribution is 2.37. The Balaban J connectivity index is 1.04. The van der Waals surface area contributed by atoms with Crippen LogP contribution in [0.3, 0.4) is 0 Å². The number of nitrogens with one attached hydrogen (secondary N) is 1. The third-order valence-electron chi connectivity index (χ3n) is 8.06. The van der Waals surface area contributed by atoms with Crippen molar-refractivity contribution in [2.75, 3.05) is 5.32 Å². The van der Waals surface area contributed by atoms with Crippen LogP contribution in [0.4, 0.5) is 11.4 Å². The lowest BCUT2D eigenvalue weighted by atomic mass is 10.00. The van der Waals surface area contributed by atoms with Crippen LogP contribution >= 0.6 is 0 Å². The quantitative estimate of drug-likeness (QED) is 0.236. The molecule has 1 N–H and O–H groups in total. The van der Waals surface area contributed by atoms with Crippen LogP contribution in [0.2, 0.25) is 0 Å². The molecule has 0 bridgehead atoms. The molecule has 198 valence electrons. The molecule has 1 heterocycles. The lowest BCUT2D eigenvalue weighted by molar-refractivity contribution is 0.670. The minimum Gasteiger partial charge on any atom is -0.455 e. The summed E-state index contributed by atoms with van der Waals surface area (Å²) >= 11 is 0. The fraction of sp³-hybridized carbons (Fsp3) is 0. The summed E-state index contributed by atoms with van der Waals surface area (Å²) in [6, 6.07) is 55.6. The van der Waals surface area contributed by atoms with Gasteiger partial charge in [-0.1, -0.05) is 115 Å². The lowest BCUT2D eigenvalue weighted by Gasteiger charge is -2.10. The molecule has 0 fully saturated rings. The van der Waals surface area contributed by atoms with Crippen LogP contribution in [0.5, 0.6) is 0 Å². The summed E-state index contributed by atoms with van der Waals surface area (Å²) in [6.45, 7) is 0. The normalized spacial score (nSPS) is 11.3. The first kappa shape index (κ1) is 24.2. The lowest BCUT2D eigenvalue weighted by Crippen LogP contribution is -1.90. The maximum Gasteiger partial charge on any atom is 0.143 e. The van der Waals surface area contributed by atoms with Gasteiger partial charge in [-0.05, 0) is 81.1 Å². The Morgan fingerprint density at radius 3 is 1.74 bits per heavy atom. The van der Waals surface area contributed by atoms with Gasteiger partial charge >= 0.3 is 0 Å². The molecule has 0 aliphatic heterocycles. The van der Waals surface area contributed by atoms with E-state index in [9.17, 15) is 0 Å². The minimum atomic E-state index is 0.905. The van der Waals surface area contributed by atoms with Gasteiger partial charge in [0.15, 0.2) is 0 Å². The van der Waals surface area contributed by atoms with Crippen LogP contribution in [0.25, 0.3) is 66.1 Å². The Morgan fingerprint density at radius 2 is 1.00 bits per heavy atom. The van der Waals surface area contributed by atoms with Crippen molar-refractivity contribution in [3.05, 3.63) is 158 Å². The van der Waals surface area contributed by atoms with Gasteiger partial charge in [0.05, 0.1) is 0 Å². The van der Waals surface area contributed by atoms with Gasteiger partial charge in [0.2, 0.25) is 0 Å². The van der Waals surface area contributed by atoms with E-state index in [1.807, 2.05) is 6.07 Å². The van der Waals surface area contributed by atoms with Crippen molar-refractivity contribution < 1.29 is 4.42 Å². The molecule has 0 amide bonds. The summed E-state index contributed by atoms with van der Waals surface area (Å²) in [5, 5.41) is 8.34. The second kappa shape index (κ2) is 10.1. The molecule has 0 aliphatic rings. The van der Waals surface area contributed by atoms with Crippen molar-refractivity contribution in [1.29, 1.82) is 0 Å². The molecule has 8 aromatic rings. The highest BCUT2D eigenvalue weighted by molar-refractivity contribution is 6.10. The predicted molar refractivity (Wildman–Crippen MR) is 177 cm³/mol. The van der Waals surface area contributed by atoms with Gasteiger partial charge in [-0.25, -0.2) is 0 Å². The Hall–Kier alpha value is -5.60. The molecule has 2 nitrogen and oxygen atoms in total. The fourth-order valence-electron chi connectivity index (χ4n) is 5.85. The molecule has 2 heteroatoms. The van der Waals surface area contributed by atoms with Crippen molar-refractivity contribution in [3.8, 4) is 33.4 Å². The Bertz CT molecular complexity index is 2190. The summed E-state index contributed by atoms with van der Waals surface area (Å²) in [4.78, 5) is 0. The van der Waals surface area contributed by atoms with E-state index in [4.69, 9.17) is 4.42 Å². The average molecular weight is 538 g/mol. The first-order valence-electron chi connectivity index (χ1n) is 14.3. The first-order chi connectivity index (χ1) is 20.8. The maximum absolute atomic E-state index is 6.36. The molecular formula is C40H27NO. The molecule has 0 saturated heterocycles. The van der Waals surface area contributed by atoms with Gasteiger partial charge in [0.25, 0.3) is 0 Å². The van der Waals surface area contributed by atoms with Gasteiger partial charge in [-0.2, -0.15) is 0 Å². The second-order valence-corrected chi connectivity index (χ2v) is 10.7. The Labute approximate surface area is 244 Å². The van der Waals surface area contributed by atoms with Crippen molar-refractivity contribution >= 4 is 44.1 Å². The van der Waals surface area contributed by atoms with Crippen molar-refractivity contribution in [2.24, 2.45) is 0 Å². The van der Waals surface area contributed by atoms with Crippen LogP contribution < -0.4 is 5.32 Å². The summed E-state index contributed by atoms with van der Waals surface area (Å²) in [5.41, 5.74) is 11.0. The van der Waals surface area contributed by atoms with Crippen LogP contribution in [0, 0.1) is 0 Å². The van der Waals surface area contributed by atoms with Crippen molar-refractivity contribution in [1.82, 2.24) is 0 Å². The van der Waals surface area contributed by atoms with E-state index in [0.29, 0.717) is 0 Å². The highest BCUT2D eigenvalue weighted by atomic mass is 16.3. The largest absolute Gasteiger partial charge is 0.455 e. The third kappa shape index (κ3) is 4.40. The molecule has 0 radical (unpaired) electrons. The Morgan fingerprint density at radius 1 is 0.381 bits per heavy atom. The van der Waals surface area contributed by atoms with E-state index in [1.54, 1.807) is 0 Å². The van der Waals surface area contributed by atoms with Gasteiger partial charge in [-0.15, -0.1) is 0 Å². The fourth-order valence-corrected chi connectivity index (χ4v) is 5.85. The Kier molecular flexibility index (Phi) is 5.82. The molecule has 42 heavy (non-hydrogen) atoms. The molecule has 7 aromatic carbocycles. The van der Waals surface area contributed by atoms with Crippen molar-refractivity contribution in [3.63, 3.8) is 0 Å². The van der Waals surface area contributed by atoms with E-state index in [2.05, 4.69) is 157 Å². The SMILES string of the molecule is c1ccc(-c2cccc3c2oc2ccc(-c4ccc(Nc5ccc(-c6ccc7ccccc7c6)cc5)cc4)cc23)cc1. The summed E-state index contributed by atoms with van der Waals surface area (Å²) in [6.07, 6.45) is 0. The number of fused-ring (bicyclic) bond motifs is 4. The number of benzene rings is 7. The predicted octanol–water partition coefficient (Wildman–Crippen LogP) is 11.5. The molecule has 1 aromatic heterocycles. The van der Waals surface area contributed by atoms with Gasteiger partial charge in [0.1, 0.15) is 11.2 Å². The molecule has 0 saturated carbocycles. The monoisotopic (exact) mass is 537 g/mol. The van der Waals surface area contributed by atoms with Crippen LogP contribution in [-0.2, 0) is 0 Å². The van der Waals surface area contributed by atoms with Crippen LogP contribution in [-0.4, -0.2) is 0 Å². The number of hydrogen-bond acceptors (Lipinski definition) is 2. The number of hydrogen-bond donors (Lipinski definition) is 1. The standard InChI is InChI=1S/C40H27NO/c1-2-8-30(9-3-1)36-11-6-12-37-38-26-33(19-24-39(38)42-40(36)37)29-17-22-35(23-18-29)41-34-20-15-28(16-21-34)32-14-13-27-7-4-5-10-31(27)25-32/h1-26,41H. The van der Waals surface area contributed by atoms with E-state index in [1.165, 1.54) is 33.0 Å². The van der Waals surface area contributed by atoms with E-state index < -0.39 is 0 Å². The number of rotatable bonds is 5. The molecule has 0 atom stereocenters. The van der Waals surface area contributed by atoms with E-state index in [-0.39, 0.29) is 0 Å². The topological polar surface area (TPSA) is 25.2 Å². The molecule has 0 spiro atoms. The smallest absolute Gasteiger partial charge is 0.143 e. The van der Waals surface area contributed by atoms with Crippen LogP contribution in [0.1, 0.15) is 0 Å². The maximum atomic E-state index is 6.36. The minimum absolute atomic E-state index is 0.905. The number of anilines is 2. The third-order valence-corrected chi connectivity index (χ3v) is 8.06. The van der Waals surface area contributed by atoms with E-state index >= 15 is 0 Å². The summed E-state index contributed by atoms with van der Waals surface area (Å²) in [7, 11) is 0. The van der Waals surface area contributed by atoms with E-state index in [0.717, 1.165) is 44.4 Å². The number of furan rings is 1. The molecule has 0 unspecified atom stereocenters. The first-order valence-corrected chi connectivity index (χ1v) is 14.3. The van der Waals surface area contributed by atoms with Crippen LogP contribution in [0.15, 0.2) is 162 Å². The zero-order chi connectivity index (χ0) is 27.9. The second-order valence-electron chi connectivity index (χ2n) is 10.7.